The van der Waals surface area contributed by atoms with E-state index in [-0.39, 0.29) is 29.6 Å². The minimum absolute atomic E-state index is 0.0824. The number of amides is 2. The lowest BCUT2D eigenvalue weighted by Gasteiger charge is -2.36. The van der Waals surface area contributed by atoms with Gasteiger partial charge in [-0.1, -0.05) is 44.2 Å². The van der Waals surface area contributed by atoms with Gasteiger partial charge in [-0.2, -0.15) is 18.3 Å². The zero-order valence-corrected chi connectivity index (χ0v) is 23.4. The fraction of sp³-hybridized carbons (Fsp3) is 0.393. The van der Waals surface area contributed by atoms with Crippen molar-refractivity contribution in [2.24, 2.45) is 0 Å². The summed E-state index contributed by atoms with van der Waals surface area (Å²) >= 11 is 0. The highest BCUT2D eigenvalue weighted by Crippen LogP contribution is 2.44. The van der Waals surface area contributed by atoms with Crippen molar-refractivity contribution >= 4 is 27.3 Å². The van der Waals surface area contributed by atoms with Crippen LogP contribution >= 0.6 is 0 Å². The Balaban J connectivity index is 1.52. The zero-order chi connectivity index (χ0) is 29.7. The first kappa shape index (κ1) is 28.7. The van der Waals surface area contributed by atoms with E-state index in [2.05, 4.69) is 24.5 Å². The SMILES string of the molecule is CC(C)c1ccc(-c2nn3c(c2NC(=O)CS(C)(=O)=O)C(=O)N[C@]2(CCc4cc(OCC(F)(F)F)ccc42)C3)cc1. The lowest BCUT2D eigenvalue weighted by atomic mass is 9.89. The lowest BCUT2D eigenvalue weighted by Crippen LogP contribution is -2.52. The summed E-state index contributed by atoms with van der Waals surface area (Å²) in [4.78, 5) is 26.3. The van der Waals surface area contributed by atoms with E-state index in [0.717, 1.165) is 22.9 Å². The molecule has 2 aromatic carbocycles. The van der Waals surface area contributed by atoms with Crippen LogP contribution in [0.3, 0.4) is 0 Å². The summed E-state index contributed by atoms with van der Waals surface area (Å²) in [6, 6.07) is 12.2. The first-order valence-corrected chi connectivity index (χ1v) is 15.0. The molecular formula is C28H29F3N4O5S. The minimum atomic E-state index is -4.46. The van der Waals surface area contributed by atoms with Gasteiger partial charge in [0.05, 0.1) is 12.1 Å². The smallest absolute Gasteiger partial charge is 0.422 e. The number of benzene rings is 2. The van der Waals surface area contributed by atoms with E-state index in [4.69, 9.17) is 9.84 Å². The normalized spacial score (nSPS) is 18.3. The molecule has 9 nitrogen and oxygen atoms in total. The van der Waals surface area contributed by atoms with Crippen LogP contribution in [0, 0.1) is 0 Å². The van der Waals surface area contributed by atoms with Crippen molar-refractivity contribution in [2.45, 2.75) is 50.9 Å². The molecule has 1 spiro atoms. The molecule has 41 heavy (non-hydrogen) atoms. The average Bonchev–Trinajstić information content (AvgIpc) is 3.39. The van der Waals surface area contributed by atoms with Gasteiger partial charge in [-0.25, -0.2) is 8.42 Å². The Morgan fingerprint density at radius 3 is 2.54 bits per heavy atom. The van der Waals surface area contributed by atoms with Crippen LogP contribution in [0.5, 0.6) is 5.75 Å². The topological polar surface area (TPSA) is 119 Å². The Hall–Kier alpha value is -3.87. The third-order valence-corrected chi connectivity index (χ3v) is 8.05. The number of fused-ring (bicyclic) bond motifs is 3. The van der Waals surface area contributed by atoms with Gasteiger partial charge in [-0.3, -0.25) is 14.3 Å². The molecule has 218 valence electrons. The predicted octanol–water partition coefficient (Wildman–Crippen LogP) is 4.18. The summed E-state index contributed by atoms with van der Waals surface area (Å²) in [5, 5.41) is 10.3. The van der Waals surface area contributed by atoms with Crippen LogP contribution in [-0.4, -0.2) is 54.8 Å². The summed E-state index contributed by atoms with van der Waals surface area (Å²) in [5.41, 5.74) is 2.85. The van der Waals surface area contributed by atoms with Crippen LogP contribution < -0.4 is 15.4 Å². The Morgan fingerprint density at radius 2 is 1.90 bits per heavy atom. The molecule has 3 aromatic rings. The second-order valence-electron chi connectivity index (χ2n) is 10.9. The molecule has 1 aromatic heterocycles. The molecule has 2 N–H and O–H groups in total. The Morgan fingerprint density at radius 1 is 1.20 bits per heavy atom. The number of alkyl halides is 3. The van der Waals surface area contributed by atoms with E-state index in [1.807, 2.05) is 24.3 Å². The molecule has 0 saturated heterocycles. The number of halogens is 3. The molecule has 2 aliphatic rings. The van der Waals surface area contributed by atoms with Crippen LogP contribution in [0.4, 0.5) is 18.9 Å². The standard InChI is InChI=1S/C28H29F3N4O5S/c1-16(2)17-4-6-18(7-5-17)23-24(32-22(36)13-41(3,38)39)25-26(37)33-27(14-35(25)34-23)11-10-19-12-20(8-9-21(19)27)40-15-28(29,30)31/h4-9,12,16H,10-11,13-15H2,1-3H3,(H,32,36)(H,33,37)/t27-/m1/s1. The molecule has 0 radical (unpaired) electrons. The molecule has 0 saturated carbocycles. The van der Waals surface area contributed by atoms with E-state index in [1.165, 1.54) is 10.7 Å². The van der Waals surface area contributed by atoms with Gasteiger partial charge in [0.1, 0.15) is 22.9 Å². The number of rotatable bonds is 7. The molecule has 2 amide bonds. The summed E-state index contributed by atoms with van der Waals surface area (Å²) < 4.78 is 67.8. The van der Waals surface area contributed by atoms with Gasteiger partial charge in [0.2, 0.25) is 5.91 Å². The summed E-state index contributed by atoms with van der Waals surface area (Å²) in [5.74, 6) is -1.72. The molecule has 1 aliphatic heterocycles. The van der Waals surface area contributed by atoms with Crippen molar-refractivity contribution in [1.82, 2.24) is 15.1 Å². The van der Waals surface area contributed by atoms with Crippen molar-refractivity contribution in [1.29, 1.82) is 0 Å². The van der Waals surface area contributed by atoms with Crippen molar-refractivity contribution in [3.63, 3.8) is 0 Å². The van der Waals surface area contributed by atoms with Crippen molar-refractivity contribution in [2.75, 3.05) is 23.9 Å². The molecule has 5 rings (SSSR count). The maximum Gasteiger partial charge on any atom is 0.422 e. The number of anilines is 1. The monoisotopic (exact) mass is 590 g/mol. The molecular weight excluding hydrogens is 561 g/mol. The quantitative estimate of drug-likeness (QED) is 0.426. The van der Waals surface area contributed by atoms with E-state index in [1.54, 1.807) is 12.1 Å². The first-order chi connectivity index (χ1) is 19.1. The van der Waals surface area contributed by atoms with Crippen LogP contribution in [0.1, 0.15) is 53.4 Å². The number of aryl methyl sites for hydroxylation is 1. The van der Waals surface area contributed by atoms with Gasteiger partial charge in [0.25, 0.3) is 5.91 Å². The number of carbonyl (C=O) groups is 2. The lowest BCUT2D eigenvalue weighted by molar-refractivity contribution is -0.153. The highest BCUT2D eigenvalue weighted by Gasteiger charge is 2.46. The summed E-state index contributed by atoms with van der Waals surface area (Å²) in [6.45, 7) is 2.90. The summed E-state index contributed by atoms with van der Waals surface area (Å²) in [6.07, 6.45) is -2.55. The van der Waals surface area contributed by atoms with Crippen LogP contribution in [0.25, 0.3) is 11.3 Å². The largest absolute Gasteiger partial charge is 0.484 e. The molecule has 13 heteroatoms. The number of hydrogen-bond acceptors (Lipinski definition) is 6. The molecule has 0 unspecified atom stereocenters. The maximum absolute atomic E-state index is 13.6. The number of aromatic nitrogens is 2. The zero-order valence-electron chi connectivity index (χ0n) is 22.6. The predicted molar refractivity (Wildman–Crippen MR) is 146 cm³/mol. The van der Waals surface area contributed by atoms with Gasteiger partial charge < -0.3 is 15.4 Å². The molecule has 1 aliphatic carbocycles. The van der Waals surface area contributed by atoms with Gasteiger partial charge in [0, 0.05) is 11.8 Å². The number of sulfone groups is 1. The first-order valence-electron chi connectivity index (χ1n) is 13.0. The number of carbonyl (C=O) groups excluding carboxylic acids is 2. The van der Waals surface area contributed by atoms with Crippen molar-refractivity contribution in [3.05, 3.63) is 64.8 Å². The van der Waals surface area contributed by atoms with E-state index in [0.29, 0.717) is 24.1 Å². The summed E-state index contributed by atoms with van der Waals surface area (Å²) in [7, 11) is -3.63. The Bertz CT molecular complexity index is 1630. The fourth-order valence-electron chi connectivity index (χ4n) is 5.41. The van der Waals surface area contributed by atoms with Crippen LogP contribution in [0.2, 0.25) is 0 Å². The van der Waals surface area contributed by atoms with Gasteiger partial charge in [0.15, 0.2) is 22.1 Å². The average molecular weight is 591 g/mol. The number of hydrogen-bond donors (Lipinski definition) is 2. The highest BCUT2D eigenvalue weighted by atomic mass is 32.2. The second-order valence-corrected chi connectivity index (χ2v) is 13.0. The third kappa shape index (κ3) is 5.95. The van der Waals surface area contributed by atoms with E-state index in [9.17, 15) is 31.2 Å². The van der Waals surface area contributed by atoms with E-state index < -0.39 is 45.7 Å². The molecule has 0 fully saturated rings. The van der Waals surface area contributed by atoms with E-state index >= 15 is 0 Å². The van der Waals surface area contributed by atoms with Gasteiger partial charge in [-0.15, -0.1) is 0 Å². The Kier molecular flexibility index (Phi) is 7.13. The fourth-order valence-corrected chi connectivity index (χ4v) is 5.96. The molecule has 0 bridgehead atoms. The van der Waals surface area contributed by atoms with Gasteiger partial charge >= 0.3 is 6.18 Å². The van der Waals surface area contributed by atoms with Gasteiger partial charge in [-0.05, 0) is 47.6 Å². The van der Waals surface area contributed by atoms with Crippen molar-refractivity contribution in [3.8, 4) is 17.0 Å². The molecule has 2 heterocycles. The maximum atomic E-state index is 13.6. The Labute approximate surface area is 235 Å². The number of nitrogens with zero attached hydrogens (tertiary/aromatic N) is 2. The number of ether oxygens (including phenoxy) is 1. The second kappa shape index (κ2) is 10.2. The minimum Gasteiger partial charge on any atom is -0.484 e. The van der Waals surface area contributed by atoms with Crippen LogP contribution in [0.15, 0.2) is 42.5 Å². The number of nitrogens with one attached hydrogen (secondary N) is 2. The highest BCUT2D eigenvalue weighted by molar-refractivity contribution is 7.91. The molecule has 1 atom stereocenters. The van der Waals surface area contributed by atoms with Crippen molar-refractivity contribution < 1.29 is 35.9 Å². The third-order valence-electron chi connectivity index (χ3n) is 7.26. The van der Waals surface area contributed by atoms with Crippen LogP contribution in [-0.2, 0) is 33.1 Å².